The summed E-state index contributed by atoms with van der Waals surface area (Å²) in [6.07, 6.45) is 0. The minimum Gasteiger partial charge on any atom is -0.506 e. The molecule has 0 aliphatic heterocycles. The van der Waals surface area contributed by atoms with Crippen LogP contribution in [-0.4, -0.2) is 20.4 Å². The molecule has 4 aromatic carbocycles. The van der Waals surface area contributed by atoms with Gasteiger partial charge in [-0.25, -0.2) is 0 Å². The van der Waals surface area contributed by atoms with Crippen LogP contribution in [0.25, 0.3) is 0 Å². The van der Waals surface area contributed by atoms with Crippen molar-refractivity contribution in [3.63, 3.8) is 0 Å². The summed E-state index contributed by atoms with van der Waals surface area (Å²) in [6, 6.07) is 15.4. The Morgan fingerprint density at radius 1 is 0.514 bits per heavy atom. The highest BCUT2D eigenvalue weighted by Gasteiger charge is 2.17. The first-order valence-electron chi connectivity index (χ1n) is 10.3. The van der Waals surface area contributed by atoms with Crippen molar-refractivity contribution in [3.05, 3.63) is 81.3 Å². The molecule has 0 aliphatic rings. The van der Waals surface area contributed by atoms with Crippen LogP contribution < -0.4 is 16.0 Å². The third kappa shape index (κ3) is 5.38. The summed E-state index contributed by atoms with van der Waals surface area (Å²) >= 11 is 18.2. The van der Waals surface area contributed by atoms with Crippen molar-refractivity contribution in [2.24, 2.45) is 0 Å². The van der Waals surface area contributed by atoms with Gasteiger partial charge in [0, 0.05) is 28.7 Å². The van der Waals surface area contributed by atoms with Crippen LogP contribution in [0, 0.1) is 6.92 Å². The minimum absolute atomic E-state index is 0.0525. The van der Waals surface area contributed by atoms with Gasteiger partial charge in [0.1, 0.15) is 23.0 Å². The Bertz CT molecular complexity index is 1430. The van der Waals surface area contributed by atoms with E-state index in [9.17, 15) is 20.4 Å². The van der Waals surface area contributed by atoms with Crippen LogP contribution in [0.4, 0.5) is 34.1 Å². The lowest BCUT2D eigenvalue weighted by molar-refractivity contribution is 0.475. The van der Waals surface area contributed by atoms with Crippen molar-refractivity contribution in [1.29, 1.82) is 0 Å². The third-order valence-corrected chi connectivity index (χ3v) is 6.13. The number of halogens is 3. The average Bonchev–Trinajstić information content (AvgIpc) is 2.81. The Morgan fingerprint density at radius 3 is 1.34 bits per heavy atom. The molecule has 0 saturated heterocycles. The number of rotatable bonds is 6. The van der Waals surface area contributed by atoms with Gasteiger partial charge >= 0.3 is 0 Å². The quantitative estimate of drug-likeness (QED) is 0.0993. The summed E-state index contributed by atoms with van der Waals surface area (Å²) in [5.74, 6) is -0.228. The van der Waals surface area contributed by atoms with Crippen molar-refractivity contribution in [3.8, 4) is 23.0 Å². The van der Waals surface area contributed by atoms with Crippen LogP contribution in [0.2, 0.25) is 15.1 Å². The molecular formula is C25H20Cl3N3O4. The molecule has 4 aromatic rings. The normalized spacial score (nSPS) is 10.7. The highest BCUT2D eigenvalue weighted by molar-refractivity contribution is 6.33. The molecule has 0 unspecified atom stereocenters. The molecule has 0 atom stereocenters. The fourth-order valence-corrected chi connectivity index (χ4v) is 3.96. The van der Waals surface area contributed by atoms with E-state index in [2.05, 4.69) is 16.0 Å². The highest BCUT2D eigenvalue weighted by Crippen LogP contribution is 2.44. The van der Waals surface area contributed by atoms with Gasteiger partial charge in [-0.1, -0.05) is 34.8 Å². The molecule has 0 aromatic heterocycles. The van der Waals surface area contributed by atoms with Crippen molar-refractivity contribution in [2.45, 2.75) is 6.92 Å². The molecule has 7 N–H and O–H groups in total. The summed E-state index contributed by atoms with van der Waals surface area (Å²) in [5.41, 5.74) is 3.83. The van der Waals surface area contributed by atoms with Gasteiger partial charge in [0.2, 0.25) is 0 Å². The lowest BCUT2D eigenvalue weighted by atomic mass is 10.1. The van der Waals surface area contributed by atoms with Crippen molar-refractivity contribution < 1.29 is 20.4 Å². The molecule has 4 rings (SSSR count). The zero-order chi connectivity index (χ0) is 25.3. The van der Waals surface area contributed by atoms with E-state index >= 15 is 0 Å². The van der Waals surface area contributed by atoms with Gasteiger partial charge in [0.25, 0.3) is 0 Å². The standard InChI is InChI=1S/C25H20Cl3N3O4/c1-12-24(30-14-3-6-21(33)17(27)9-14)19(29-13-2-5-20(32)16(26)8-13)11-23(35)25(12)31-15-4-7-22(34)18(28)10-15/h2-11,29-35H,1H3. The highest BCUT2D eigenvalue weighted by atomic mass is 35.5. The molecule has 0 spiro atoms. The number of phenolic OH excluding ortho intramolecular Hbond substituents is 4. The zero-order valence-electron chi connectivity index (χ0n) is 18.2. The summed E-state index contributed by atoms with van der Waals surface area (Å²) in [6.45, 7) is 1.80. The second-order valence-corrected chi connectivity index (χ2v) is 8.91. The van der Waals surface area contributed by atoms with E-state index in [-0.39, 0.29) is 38.1 Å². The van der Waals surface area contributed by atoms with Crippen molar-refractivity contribution in [2.75, 3.05) is 16.0 Å². The van der Waals surface area contributed by atoms with Crippen LogP contribution in [0.3, 0.4) is 0 Å². The van der Waals surface area contributed by atoms with E-state index in [0.29, 0.717) is 39.7 Å². The van der Waals surface area contributed by atoms with Crippen LogP contribution in [0.5, 0.6) is 23.0 Å². The third-order valence-electron chi connectivity index (χ3n) is 5.22. The molecule has 35 heavy (non-hydrogen) atoms. The minimum atomic E-state index is -0.0617. The first kappa shape index (κ1) is 24.5. The van der Waals surface area contributed by atoms with E-state index < -0.39 is 0 Å². The number of phenols is 4. The second kappa shape index (κ2) is 9.92. The maximum Gasteiger partial charge on any atom is 0.141 e. The zero-order valence-corrected chi connectivity index (χ0v) is 20.5. The first-order valence-corrected chi connectivity index (χ1v) is 11.4. The number of nitrogens with one attached hydrogen (secondary N) is 3. The largest absolute Gasteiger partial charge is 0.506 e. The fraction of sp³-hybridized carbons (Fsp3) is 0.0400. The van der Waals surface area contributed by atoms with Gasteiger partial charge < -0.3 is 36.4 Å². The number of aromatic hydroxyl groups is 4. The van der Waals surface area contributed by atoms with Crippen LogP contribution >= 0.6 is 34.8 Å². The SMILES string of the molecule is Cc1c(Nc2ccc(O)c(Cl)c2)c(O)cc(Nc2ccc(O)c(Cl)c2)c1Nc1ccc(O)c(Cl)c1. The van der Waals surface area contributed by atoms with Crippen molar-refractivity contribution in [1.82, 2.24) is 0 Å². The second-order valence-electron chi connectivity index (χ2n) is 7.69. The van der Waals surface area contributed by atoms with E-state index in [1.165, 1.54) is 30.3 Å². The van der Waals surface area contributed by atoms with Gasteiger partial charge in [-0.05, 0) is 61.5 Å². The van der Waals surface area contributed by atoms with Crippen molar-refractivity contribution >= 4 is 68.9 Å². The molecule has 0 aliphatic carbocycles. The van der Waals surface area contributed by atoms with E-state index in [1.54, 1.807) is 37.3 Å². The topological polar surface area (TPSA) is 117 Å². The first-order chi connectivity index (χ1) is 16.6. The lowest BCUT2D eigenvalue weighted by Crippen LogP contribution is -2.03. The summed E-state index contributed by atoms with van der Waals surface area (Å²) in [5, 5.41) is 50.2. The Labute approximate surface area is 216 Å². The summed E-state index contributed by atoms with van der Waals surface area (Å²) in [4.78, 5) is 0. The van der Waals surface area contributed by atoms with E-state index in [1.807, 2.05) is 0 Å². The number of benzene rings is 4. The Morgan fingerprint density at radius 2 is 0.914 bits per heavy atom. The van der Waals surface area contributed by atoms with Crippen LogP contribution in [-0.2, 0) is 0 Å². The predicted molar refractivity (Wildman–Crippen MR) is 142 cm³/mol. The maximum atomic E-state index is 10.9. The van der Waals surface area contributed by atoms with Gasteiger partial charge in [-0.3, -0.25) is 0 Å². The molecule has 0 heterocycles. The molecule has 0 radical (unpaired) electrons. The number of hydrogen-bond donors (Lipinski definition) is 7. The number of anilines is 6. The molecule has 7 nitrogen and oxygen atoms in total. The van der Waals surface area contributed by atoms with Gasteiger partial charge in [-0.2, -0.15) is 0 Å². The molecule has 0 fully saturated rings. The molecule has 0 amide bonds. The molecule has 180 valence electrons. The Hall–Kier alpha value is -3.65. The van der Waals surface area contributed by atoms with Gasteiger partial charge in [0.05, 0.1) is 32.1 Å². The van der Waals surface area contributed by atoms with E-state index in [4.69, 9.17) is 34.8 Å². The molecular weight excluding hydrogens is 513 g/mol. The average molecular weight is 533 g/mol. The Balaban J connectivity index is 1.80. The van der Waals surface area contributed by atoms with Gasteiger partial charge in [0.15, 0.2) is 0 Å². The van der Waals surface area contributed by atoms with E-state index in [0.717, 1.165) is 0 Å². The molecule has 10 heteroatoms. The van der Waals surface area contributed by atoms with Gasteiger partial charge in [-0.15, -0.1) is 0 Å². The Kier molecular flexibility index (Phi) is 6.93. The monoisotopic (exact) mass is 531 g/mol. The van der Waals surface area contributed by atoms with Crippen LogP contribution in [0.1, 0.15) is 5.56 Å². The summed E-state index contributed by atoms with van der Waals surface area (Å²) in [7, 11) is 0. The number of hydrogen-bond acceptors (Lipinski definition) is 7. The predicted octanol–water partition coefficient (Wildman–Crippen LogP) is 8.01. The van der Waals surface area contributed by atoms with Crippen LogP contribution in [0.15, 0.2) is 60.7 Å². The smallest absolute Gasteiger partial charge is 0.141 e. The lowest BCUT2D eigenvalue weighted by Gasteiger charge is -2.22. The molecule has 0 bridgehead atoms. The maximum absolute atomic E-state index is 10.9. The summed E-state index contributed by atoms with van der Waals surface area (Å²) < 4.78 is 0. The fourth-order valence-electron chi connectivity index (χ4n) is 3.42. The molecule has 0 saturated carbocycles.